The smallest absolute Gasteiger partial charge is 0.182 e. The number of anilines is 1. The lowest BCUT2D eigenvalue weighted by Crippen LogP contribution is -2.43. The van der Waals surface area contributed by atoms with Crippen molar-refractivity contribution in [1.29, 1.82) is 0 Å². The first-order chi connectivity index (χ1) is 12.7. The zero-order valence-corrected chi connectivity index (χ0v) is 15.1. The molecule has 3 aromatic rings. The van der Waals surface area contributed by atoms with Crippen molar-refractivity contribution in [3.8, 4) is 11.5 Å². The van der Waals surface area contributed by atoms with Crippen LogP contribution in [-0.2, 0) is 11.8 Å². The summed E-state index contributed by atoms with van der Waals surface area (Å²) in [5.41, 5.74) is 8.20. The molecule has 0 radical (unpaired) electrons. The minimum Gasteiger partial charge on any atom is -0.374 e. The summed E-state index contributed by atoms with van der Waals surface area (Å²) in [6.07, 6.45) is 2.71. The molecule has 0 amide bonds. The van der Waals surface area contributed by atoms with Gasteiger partial charge in [0, 0.05) is 26.3 Å². The molecule has 0 bridgehead atoms. The minimum atomic E-state index is 0.119. The van der Waals surface area contributed by atoms with Gasteiger partial charge in [0.25, 0.3) is 0 Å². The van der Waals surface area contributed by atoms with E-state index in [1.807, 2.05) is 32.2 Å². The molecule has 0 aromatic carbocycles. The van der Waals surface area contributed by atoms with Gasteiger partial charge in [-0.15, -0.1) is 0 Å². The molecule has 2 N–H and O–H groups in total. The highest BCUT2D eigenvalue weighted by molar-refractivity contribution is 5.91. The van der Waals surface area contributed by atoms with E-state index in [0.717, 1.165) is 47.7 Å². The zero-order chi connectivity index (χ0) is 18.1. The van der Waals surface area contributed by atoms with Gasteiger partial charge < -0.3 is 15.4 Å². The van der Waals surface area contributed by atoms with Gasteiger partial charge in [-0.05, 0) is 32.0 Å². The van der Waals surface area contributed by atoms with Crippen LogP contribution in [0.25, 0.3) is 22.6 Å². The second-order valence-corrected chi connectivity index (χ2v) is 6.51. The van der Waals surface area contributed by atoms with E-state index in [4.69, 9.17) is 20.4 Å². The number of morpholine rings is 1. The van der Waals surface area contributed by atoms with Gasteiger partial charge in [-0.3, -0.25) is 9.67 Å². The molecule has 1 saturated heterocycles. The van der Waals surface area contributed by atoms with Gasteiger partial charge in [-0.2, -0.15) is 5.10 Å². The summed E-state index contributed by atoms with van der Waals surface area (Å²) in [7, 11) is 1.91. The topological polar surface area (TPSA) is 95.0 Å². The Kier molecular flexibility index (Phi) is 4.52. The van der Waals surface area contributed by atoms with Crippen molar-refractivity contribution in [1.82, 2.24) is 24.7 Å². The van der Waals surface area contributed by atoms with Crippen LogP contribution in [0, 0.1) is 6.92 Å². The number of aryl methyl sites for hydroxylation is 2. The van der Waals surface area contributed by atoms with E-state index in [0.29, 0.717) is 19.0 Å². The third-order valence-electron chi connectivity index (χ3n) is 4.66. The average molecular weight is 353 g/mol. The van der Waals surface area contributed by atoms with Crippen molar-refractivity contribution in [3.05, 3.63) is 30.1 Å². The van der Waals surface area contributed by atoms with Crippen molar-refractivity contribution in [2.24, 2.45) is 12.8 Å². The van der Waals surface area contributed by atoms with E-state index in [1.165, 1.54) is 0 Å². The fraction of sp³-hybridized carbons (Fsp3) is 0.444. The van der Waals surface area contributed by atoms with Crippen molar-refractivity contribution < 1.29 is 4.74 Å². The summed E-state index contributed by atoms with van der Waals surface area (Å²) in [4.78, 5) is 16.3. The lowest BCUT2D eigenvalue weighted by Gasteiger charge is -2.34. The predicted molar refractivity (Wildman–Crippen MR) is 99.9 cm³/mol. The van der Waals surface area contributed by atoms with Gasteiger partial charge >= 0.3 is 0 Å². The molecular weight excluding hydrogens is 330 g/mol. The number of nitrogens with two attached hydrogens (primary N) is 1. The van der Waals surface area contributed by atoms with Crippen molar-refractivity contribution in [2.45, 2.75) is 19.4 Å². The average Bonchev–Trinajstić information content (AvgIpc) is 2.96. The lowest BCUT2D eigenvalue weighted by atomic mass is 10.2. The molecule has 1 unspecified atom stereocenters. The van der Waals surface area contributed by atoms with Crippen LogP contribution in [-0.4, -0.2) is 57.1 Å². The second-order valence-electron chi connectivity index (χ2n) is 6.51. The Morgan fingerprint density at radius 2 is 2.19 bits per heavy atom. The molecule has 4 heterocycles. The molecule has 0 aliphatic carbocycles. The number of hydrogen-bond donors (Lipinski definition) is 1. The van der Waals surface area contributed by atoms with E-state index < -0.39 is 0 Å². The third-order valence-corrected chi connectivity index (χ3v) is 4.66. The van der Waals surface area contributed by atoms with Gasteiger partial charge in [0.1, 0.15) is 11.5 Å². The summed E-state index contributed by atoms with van der Waals surface area (Å²) in [6.45, 7) is 4.81. The van der Waals surface area contributed by atoms with E-state index in [9.17, 15) is 0 Å². The Balaban J connectivity index is 1.84. The van der Waals surface area contributed by atoms with Crippen LogP contribution in [0.15, 0.2) is 24.4 Å². The molecule has 4 rings (SSSR count). The molecule has 1 fully saturated rings. The molecule has 0 saturated carbocycles. The second kappa shape index (κ2) is 6.97. The first kappa shape index (κ1) is 16.9. The molecule has 0 spiro atoms. The molecule has 1 aliphatic rings. The van der Waals surface area contributed by atoms with E-state index in [1.54, 1.807) is 10.9 Å². The van der Waals surface area contributed by atoms with Gasteiger partial charge in [0.15, 0.2) is 11.5 Å². The van der Waals surface area contributed by atoms with E-state index >= 15 is 0 Å². The Morgan fingerprint density at radius 3 is 2.96 bits per heavy atom. The zero-order valence-electron chi connectivity index (χ0n) is 15.1. The van der Waals surface area contributed by atoms with Crippen LogP contribution in [0.4, 0.5) is 5.82 Å². The fourth-order valence-corrected chi connectivity index (χ4v) is 3.43. The Morgan fingerprint density at radius 1 is 1.31 bits per heavy atom. The molecular formula is C18H23N7O. The van der Waals surface area contributed by atoms with Crippen LogP contribution in [0.5, 0.6) is 0 Å². The monoisotopic (exact) mass is 353 g/mol. The van der Waals surface area contributed by atoms with Crippen LogP contribution in [0.1, 0.15) is 12.1 Å². The largest absolute Gasteiger partial charge is 0.374 e. The fourth-order valence-electron chi connectivity index (χ4n) is 3.43. The van der Waals surface area contributed by atoms with Crippen LogP contribution in [0.2, 0.25) is 0 Å². The highest BCUT2D eigenvalue weighted by Crippen LogP contribution is 2.30. The summed E-state index contributed by atoms with van der Waals surface area (Å²) in [6, 6.07) is 5.75. The van der Waals surface area contributed by atoms with Crippen molar-refractivity contribution in [2.75, 3.05) is 31.1 Å². The summed E-state index contributed by atoms with van der Waals surface area (Å²) < 4.78 is 7.64. The van der Waals surface area contributed by atoms with Crippen LogP contribution >= 0.6 is 0 Å². The summed E-state index contributed by atoms with van der Waals surface area (Å²) in [5, 5.41) is 5.54. The maximum absolute atomic E-state index is 5.83. The van der Waals surface area contributed by atoms with Gasteiger partial charge in [-0.25, -0.2) is 9.97 Å². The SMILES string of the molecule is Cc1nn(C)c2nc(-c3ccccn3)nc(N3CCOC(CCN)C3)c12. The lowest BCUT2D eigenvalue weighted by molar-refractivity contribution is 0.0367. The Labute approximate surface area is 152 Å². The normalized spacial score (nSPS) is 17.8. The number of fused-ring (bicyclic) bond motifs is 1. The van der Waals surface area contributed by atoms with Crippen LogP contribution < -0.4 is 10.6 Å². The molecule has 8 nitrogen and oxygen atoms in total. The molecule has 8 heteroatoms. The number of nitrogens with zero attached hydrogens (tertiary/aromatic N) is 6. The Bertz CT molecular complexity index is 907. The first-order valence-corrected chi connectivity index (χ1v) is 8.86. The molecule has 1 aliphatic heterocycles. The van der Waals surface area contributed by atoms with Crippen LogP contribution in [0.3, 0.4) is 0 Å². The Hall–Kier alpha value is -2.58. The maximum atomic E-state index is 5.83. The number of pyridine rings is 1. The highest BCUT2D eigenvalue weighted by Gasteiger charge is 2.26. The van der Waals surface area contributed by atoms with Gasteiger partial charge in [-0.1, -0.05) is 6.07 Å². The van der Waals surface area contributed by atoms with Gasteiger partial charge in [0.2, 0.25) is 0 Å². The highest BCUT2D eigenvalue weighted by atomic mass is 16.5. The number of hydrogen-bond acceptors (Lipinski definition) is 7. The molecule has 136 valence electrons. The summed E-state index contributed by atoms with van der Waals surface area (Å²) in [5.74, 6) is 1.50. The first-order valence-electron chi connectivity index (χ1n) is 8.86. The number of aromatic nitrogens is 5. The molecule has 26 heavy (non-hydrogen) atoms. The third kappa shape index (κ3) is 3.02. The molecule has 1 atom stereocenters. The minimum absolute atomic E-state index is 0.119. The van der Waals surface area contributed by atoms with E-state index in [2.05, 4.69) is 15.0 Å². The van der Waals surface area contributed by atoms with E-state index in [-0.39, 0.29) is 6.10 Å². The predicted octanol–water partition coefficient (Wildman–Crippen LogP) is 1.29. The quantitative estimate of drug-likeness (QED) is 0.755. The number of ether oxygens (including phenoxy) is 1. The molecule has 3 aromatic heterocycles. The number of rotatable bonds is 4. The summed E-state index contributed by atoms with van der Waals surface area (Å²) >= 11 is 0. The standard InChI is InChI=1S/C18H23N7O/c1-12-15-17(24(2)23-12)21-16(14-5-3-4-8-20-14)22-18(15)25-9-10-26-13(11-25)6-7-19/h3-5,8,13H,6-7,9-11,19H2,1-2H3. The van der Waals surface area contributed by atoms with Crippen molar-refractivity contribution >= 4 is 16.9 Å². The van der Waals surface area contributed by atoms with Gasteiger partial charge in [0.05, 0.1) is 23.8 Å². The van der Waals surface area contributed by atoms with Crippen molar-refractivity contribution in [3.63, 3.8) is 0 Å². The maximum Gasteiger partial charge on any atom is 0.182 e.